The number of Topliss-reactive ketones (excluding diaryl/α,β-unsaturated/α-hetero) is 1. The number of carboxylic acids is 1. The molecule has 94 heavy (non-hydrogen) atoms. The third kappa shape index (κ3) is 22.0. The van der Waals surface area contributed by atoms with Crippen LogP contribution >= 0.6 is 0 Å². The van der Waals surface area contributed by atoms with Gasteiger partial charge in [-0.1, -0.05) is 24.3 Å². The maximum absolute atomic E-state index is 12.8. The fourth-order valence-electron chi connectivity index (χ4n) is 8.50. The number of aryl methyl sites for hydroxylation is 1. The van der Waals surface area contributed by atoms with Crippen molar-refractivity contribution in [2.45, 2.75) is 123 Å². The molecule has 0 saturated carbocycles. The number of nitrogens with one attached hydrogen (secondary N) is 8. The van der Waals surface area contributed by atoms with Crippen LogP contribution in [0.2, 0.25) is 0 Å². The predicted molar refractivity (Wildman–Crippen MR) is 346 cm³/mol. The maximum Gasteiger partial charge on any atom is 0.412 e. The number of nitrogens with two attached hydrogens (primary N) is 3. The number of esters is 2. The molecule has 9 rings (SSSR count). The molecule has 0 bridgehead atoms. The van der Waals surface area contributed by atoms with E-state index in [2.05, 4.69) is 76.5 Å². The number of benzene rings is 4. The number of anilines is 6. The van der Waals surface area contributed by atoms with Gasteiger partial charge in [-0.05, 0) is 145 Å². The van der Waals surface area contributed by atoms with Gasteiger partial charge in [-0.25, -0.2) is 39.1 Å². The fraction of sp³-hybridized carbons (Fsp3) is 0.302. The fourth-order valence-corrected chi connectivity index (χ4v) is 8.50. The van der Waals surface area contributed by atoms with Crippen molar-refractivity contribution in [3.8, 4) is 0 Å². The lowest BCUT2D eigenvalue weighted by molar-refractivity contribution is -0.165. The summed E-state index contributed by atoms with van der Waals surface area (Å²) in [5, 5.41) is 26.2. The van der Waals surface area contributed by atoms with Gasteiger partial charge in [0.05, 0.1) is 36.9 Å². The minimum absolute atomic E-state index is 0.0225. The molecule has 8 aromatic rings. The van der Waals surface area contributed by atoms with Gasteiger partial charge < -0.3 is 57.8 Å². The molecule has 1 aliphatic heterocycles. The molecule has 4 amide bonds. The lowest BCUT2D eigenvalue weighted by Gasteiger charge is -2.20. The van der Waals surface area contributed by atoms with E-state index in [-0.39, 0.29) is 90.8 Å². The number of cyclic esters (lactones) is 2. The average Bonchev–Trinajstić information content (AvgIpc) is 0.881. The second kappa shape index (κ2) is 31.8. The number of aromatic nitrogens is 8. The molecule has 2 unspecified atom stereocenters. The van der Waals surface area contributed by atoms with Crippen molar-refractivity contribution in [1.82, 2.24) is 50.5 Å². The number of carboxylic acid groups (broad SMARTS) is 1. The summed E-state index contributed by atoms with van der Waals surface area (Å²) in [5.74, 6) is -3.86. The van der Waals surface area contributed by atoms with Crippen LogP contribution in [0.15, 0.2) is 119 Å². The van der Waals surface area contributed by atoms with E-state index in [9.17, 15) is 53.1 Å². The Labute approximate surface area is 536 Å². The van der Waals surface area contributed by atoms with Crippen molar-refractivity contribution in [3.63, 3.8) is 0 Å². The molecule has 5 heterocycles. The Balaban J connectivity index is 0.000000226. The number of nitrogen functional groups attached to an aromatic ring is 2. The number of amides is 4. The summed E-state index contributed by atoms with van der Waals surface area (Å²) in [6, 6.07) is 25.1. The van der Waals surface area contributed by atoms with Gasteiger partial charge in [0.15, 0.2) is 22.3 Å². The van der Waals surface area contributed by atoms with Crippen molar-refractivity contribution < 1.29 is 57.7 Å². The lowest BCUT2D eigenvalue weighted by atomic mass is 10.0. The zero-order chi connectivity index (χ0) is 68.3. The first-order valence-corrected chi connectivity index (χ1v) is 29.2. The van der Waals surface area contributed by atoms with Crippen LogP contribution in [0.1, 0.15) is 117 Å². The summed E-state index contributed by atoms with van der Waals surface area (Å²) in [7, 11) is 0. The number of aromatic amines is 2. The molecule has 4 aromatic carbocycles. The molecule has 0 radical (unpaired) electrons. The predicted octanol–water partition coefficient (Wildman–Crippen LogP) is 5.78. The molecule has 0 spiro atoms. The van der Waals surface area contributed by atoms with Crippen LogP contribution in [0.5, 0.6) is 0 Å². The number of ether oxygens (including phenoxy) is 3. The van der Waals surface area contributed by atoms with E-state index in [4.69, 9.17) is 26.7 Å². The number of ketones is 1. The van der Waals surface area contributed by atoms with Gasteiger partial charge >= 0.3 is 30.1 Å². The Morgan fingerprint density at radius 2 is 1.06 bits per heavy atom. The van der Waals surface area contributed by atoms with Crippen LogP contribution in [-0.4, -0.2) is 116 Å². The van der Waals surface area contributed by atoms with Crippen LogP contribution in [0.25, 0.3) is 22.3 Å². The van der Waals surface area contributed by atoms with E-state index in [0.29, 0.717) is 52.7 Å². The van der Waals surface area contributed by atoms with Gasteiger partial charge in [-0.3, -0.25) is 49.4 Å². The SMILES string of the molecule is CC(C)(C)OC(=O)Nc1ccc(CCC(=O)CCC(NC(=O)c2ccc(NCc3cnc4nc(N)[nH]c(=O)c4n3)cc2)C(=O)O)cc1.CC(C)(C)OC(=O)Nc1ccc(CN)cc1.Nc1nc2ncc(CNc3ccc(C(=O)NC4CCC(=O)OC4=O)cc3)nc2c(=O)[nH]1. The average molecular weight is 1290 g/mol. The molecule has 15 N–H and O–H groups in total. The number of carbonyl (C=O) groups excluding carboxylic acids is 7. The molecule has 31 heteroatoms. The first kappa shape index (κ1) is 69.7. The number of rotatable bonds is 20. The third-order valence-electron chi connectivity index (χ3n) is 13.1. The molecule has 31 nitrogen and oxygen atoms in total. The minimum Gasteiger partial charge on any atom is -0.480 e. The highest BCUT2D eigenvalue weighted by Gasteiger charge is 2.31. The monoisotopic (exact) mass is 1290 g/mol. The van der Waals surface area contributed by atoms with Gasteiger partial charge in [-0.2, -0.15) is 9.97 Å². The zero-order valence-corrected chi connectivity index (χ0v) is 52.1. The second-order valence-electron chi connectivity index (χ2n) is 23.0. The molecular formula is C63H71N17O14. The van der Waals surface area contributed by atoms with E-state index in [1.54, 1.807) is 93.6 Å². The molecule has 1 saturated heterocycles. The number of carbonyl (C=O) groups is 8. The van der Waals surface area contributed by atoms with E-state index in [0.717, 1.165) is 11.1 Å². The summed E-state index contributed by atoms with van der Waals surface area (Å²) >= 11 is 0. The van der Waals surface area contributed by atoms with Crippen molar-refractivity contribution in [2.75, 3.05) is 32.7 Å². The number of hydrogen-bond acceptors (Lipinski definition) is 24. The standard InChI is InChI=1S/C32H36N8O7.C19H17N7O5.C12H18N2O2/c1-32(2,3)47-31(46)37-21-9-4-18(5-10-21)6-13-23(41)14-15-24(29(44)45)38-27(42)19-7-11-20(12-8-19)34-16-22-17-35-26-25(36-22)28(43)40-30(33)39-26;20-19-25-15-14(17(29)26-19)23-11(8-22-15)7-21-10-3-1-9(2-4-10)16(28)24-12-5-6-13(27)31-18(12)30;1-12(2,3)16-11(15)14-10-6-4-9(8-13)5-7-10/h4-5,7-12,17,24,34H,6,13-16H2,1-3H3,(H,37,46)(H,38,42)(H,44,45)(H3,33,35,39,40,43);1-4,8,12,21H,5-7H2,(H,24,28)(H3,20,22,25,26,29);4-7H,8,13H2,1-3H3,(H,14,15). The summed E-state index contributed by atoms with van der Waals surface area (Å²) in [6.45, 7) is 11.8. The van der Waals surface area contributed by atoms with Crippen LogP contribution in [0.4, 0.5) is 44.2 Å². The number of H-pyrrole nitrogens is 2. The Morgan fingerprint density at radius 3 is 1.50 bits per heavy atom. The van der Waals surface area contributed by atoms with E-state index < -0.39 is 76.3 Å². The Hall–Kier alpha value is -11.8. The lowest BCUT2D eigenvalue weighted by Crippen LogP contribution is -2.45. The number of fused-ring (bicyclic) bond motifs is 2. The van der Waals surface area contributed by atoms with Gasteiger partial charge in [0, 0.05) is 59.7 Å². The van der Waals surface area contributed by atoms with Crippen LogP contribution < -0.4 is 60.2 Å². The highest BCUT2D eigenvalue weighted by atomic mass is 16.6. The number of aliphatic carboxylic acids is 1. The molecule has 2 atom stereocenters. The number of hydrogen-bond donors (Lipinski definition) is 12. The highest BCUT2D eigenvalue weighted by Crippen LogP contribution is 2.19. The molecule has 492 valence electrons. The van der Waals surface area contributed by atoms with Gasteiger partial charge in [0.1, 0.15) is 29.1 Å². The normalized spacial score (nSPS) is 13.1. The Morgan fingerprint density at radius 1 is 0.617 bits per heavy atom. The van der Waals surface area contributed by atoms with Gasteiger partial charge in [0.2, 0.25) is 11.9 Å². The highest BCUT2D eigenvalue weighted by molar-refractivity contribution is 5.99. The van der Waals surface area contributed by atoms with Crippen molar-refractivity contribution in [2.24, 2.45) is 5.73 Å². The maximum atomic E-state index is 12.8. The summed E-state index contributed by atoms with van der Waals surface area (Å²) < 4.78 is 14.9. The van der Waals surface area contributed by atoms with Crippen molar-refractivity contribution in [1.29, 1.82) is 0 Å². The third-order valence-corrected chi connectivity index (χ3v) is 13.1. The summed E-state index contributed by atoms with van der Waals surface area (Å²) in [5.41, 5.74) is 20.9. The largest absolute Gasteiger partial charge is 0.480 e. The second-order valence-corrected chi connectivity index (χ2v) is 23.0. The van der Waals surface area contributed by atoms with Crippen LogP contribution in [-0.2, 0) is 59.4 Å². The molecule has 1 aliphatic rings. The van der Waals surface area contributed by atoms with E-state index in [1.807, 2.05) is 32.9 Å². The summed E-state index contributed by atoms with van der Waals surface area (Å²) in [6.07, 6.45) is 2.77. The first-order chi connectivity index (χ1) is 44.5. The topological polar surface area (TPSA) is 478 Å². The van der Waals surface area contributed by atoms with Crippen molar-refractivity contribution >= 4 is 105 Å². The van der Waals surface area contributed by atoms with Gasteiger partial charge in [-0.15, -0.1) is 0 Å². The Bertz CT molecular complexity index is 4170. The van der Waals surface area contributed by atoms with Crippen LogP contribution in [0.3, 0.4) is 0 Å². The number of nitrogens with zero attached hydrogens (tertiary/aromatic N) is 6. The molecule has 4 aromatic heterocycles. The van der Waals surface area contributed by atoms with E-state index >= 15 is 0 Å². The van der Waals surface area contributed by atoms with Crippen LogP contribution in [0, 0.1) is 0 Å². The summed E-state index contributed by atoms with van der Waals surface area (Å²) in [4.78, 5) is 149. The molecule has 1 fully saturated rings. The smallest absolute Gasteiger partial charge is 0.412 e. The van der Waals surface area contributed by atoms with E-state index in [1.165, 1.54) is 24.5 Å². The molecule has 0 aliphatic carbocycles. The van der Waals surface area contributed by atoms with Crippen molar-refractivity contribution in [3.05, 3.63) is 164 Å². The molecular weight excluding hydrogens is 1220 g/mol. The van der Waals surface area contributed by atoms with Gasteiger partial charge in [0.25, 0.3) is 22.9 Å². The quantitative estimate of drug-likeness (QED) is 0.0244. The minimum atomic E-state index is -1.25. The first-order valence-electron chi connectivity index (χ1n) is 29.2. The Kier molecular flexibility index (Phi) is 23.6. The zero-order valence-electron chi connectivity index (χ0n) is 52.1.